The third-order valence-electron chi connectivity index (χ3n) is 4.45. The Hall–Kier alpha value is -2.83. The van der Waals surface area contributed by atoms with Crippen LogP contribution in [-0.2, 0) is 10.0 Å². The van der Waals surface area contributed by atoms with E-state index < -0.39 is 10.0 Å². The molecular weight excluding hydrogens is 408 g/mol. The molecule has 1 amide bonds. The number of halogens is 1. The highest BCUT2D eigenvalue weighted by atomic mass is 35.5. The molecule has 0 radical (unpaired) electrons. The number of hydrogen-bond donors (Lipinski definition) is 2. The molecular formula is C22H21ClN2O3S. The van der Waals surface area contributed by atoms with Crippen molar-refractivity contribution >= 4 is 38.9 Å². The van der Waals surface area contributed by atoms with Crippen molar-refractivity contribution in [1.82, 2.24) is 0 Å². The van der Waals surface area contributed by atoms with Gasteiger partial charge in [0, 0.05) is 11.3 Å². The van der Waals surface area contributed by atoms with Gasteiger partial charge in [0.1, 0.15) is 0 Å². The first-order valence-electron chi connectivity index (χ1n) is 8.93. The predicted octanol–water partition coefficient (Wildman–Crippen LogP) is 5.32. The summed E-state index contributed by atoms with van der Waals surface area (Å²) in [5.41, 5.74) is 4.18. The van der Waals surface area contributed by atoms with Crippen LogP contribution in [0.1, 0.15) is 27.0 Å². The number of aryl methyl sites for hydroxylation is 3. The molecule has 0 aliphatic heterocycles. The van der Waals surface area contributed by atoms with Crippen LogP contribution in [0.2, 0.25) is 5.02 Å². The summed E-state index contributed by atoms with van der Waals surface area (Å²) in [6, 6.07) is 16.7. The summed E-state index contributed by atoms with van der Waals surface area (Å²) in [4.78, 5) is 12.7. The smallest absolute Gasteiger partial charge is 0.261 e. The predicted molar refractivity (Wildman–Crippen MR) is 117 cm³/mol. The molecule has 2 N–H and O–H groups in total. The summed E-state index contributed by atoms with van der Waals surface area (Å²) in [6.45, 7) is 5.73. The van der Waals surface area contributed by atoms with Gasteiger partial charge in [-0.15, -0.1) is 0 Å². The van der Waals surface area contributed by atoms with E-state index in [0.717, 1.165) is 22.4 Å². The molecule has 0 saturated carbocycles. The maximum Gasteiger partial charge on any atom is 0.261 e. The summed E-state index contributed by atoms with van der Waals surface area (Å²) in [5, 5.41) is 2.99. The Morgan fingerprint density at radius 2 is 1.48 bits per heavy atom. The summed E-state index contributed by atoms with van der Waals surface area (Å²) in [6.07, 6.45) is 0. The van der Waals surface area contributed by atoms with Crippen LogP contribution >= 0.6 is 11.6 Å². The van der Waals surface area contributed by atoms with Gasteiger partial charge in [-0.3, -0.25) is 9.52 Å². The van der Waals surface area contributed by atoms with Crippen LogP contribution in [0.15, 0.2) is 65.6 Å². The topological polar surface area (TPSA) is 75.3 Å². The minimum Gasteiger partial charge on any atom is -0.322 e. The normalized spacial score (nSPS) is 11.2. The molecule has 0 spiro atoms. The van der Waals surface area contributed by atoms with Crippen LogP contribution in [0.5, 0.6) is 0 Å². The highest BCUT2D eigenvalue weighted by molar-refractivity contribution is 7.92. The van der Waals surface area contributed by atoms with Crippen molar-refractivity contribution < 1.29 is 13.2 Å². The van der Waals surface area contributed by atoms with Crippen LogP contribution in [0.4, 0.5) is 11.4 Å². The lowest BCUT2D eigenvalue weighted by atomic mass is 10.1. The third-order valence-corrected chi connectivity index (χ3v) is 6.14. The molecule has 0 atom stereocenters. The van der Waals surface area contributed by atoms with Gasteiger partial charge >= 0.3 is 0 Å². The summed E-state index contributed by atoms with van der Waals surface area (Å²) >= 11 is 6.24. The fraction of sp³-hybridized carbons (Fsp3) is 0.136. The average Bonchev–Trinajstić information content (AvgIpc) is 2.66. The fourth-order valence-electron chi connectivity index (χ4n) is 2.73. The number of hydrogen-bond acceptors (Lipinski definition) is 3. The number of carbonyl (C=O) groups excluding carboxylic acids is 1. The Balaban J connectivity index is 1.80. The molecule has 0 aliphatic carbocycles. The minimum atomic E-state index is -3.78. The maximum absolute atomic E-state index is 12.6. The standard InChI is InChI=1S/C22H21ClN2O3S/c1-14-5-9-18(10-6-14)29(27,28)25-20-11-8-17(13-19(20)23)22(26)24-21-12-15(2)4-7-16(21)3/h4-13,25H,1-3H3,(H,24,26). The number of rotatable bonds is 5. The Bertz CT molecular complexity index is 1170. The first-order valence-corrected chi connectivity index (χ1v) is 10.8. The van der Waals surface area contributed by atoms with Gasteiger partial charge in [-0.1, -0.05) is 41.4 Å². The number of carbonyl (C=O) groups is 1. The molecule has 0 aromatic heterocycles. The fourth-order valence-corrected chi connectivity index (χ4v) is 4.09. The van der Waals surface area contributed by atoms with Crippen LogP contribution < -0.4 is 10.0 Å². The molecule has 29 heavy (non-hydrogen) atoms. The van der Waals surface area contributed by atoms with Crippen molar-refractivity contribution in [2.45, 2.75) is 25.7 Å². The van der Waals surface area contributed by atoms with E-state index in [2.05, 4.69) is 10.0 Å². The second-order valence-electron chi connectivity index (χ2n) is 6.89. The molecule has 0 aliphatic rings. The first kappa shape index (κ1) is 20.9. The third kappa shape index (κ3) is 4.96. The van der Waals surface area contributed by atoms with E-state index in [1.54, 1.807) is 12.1 Å². The van der Waals surface area contributed by atoms with Gasteiger partial charge in [0.25, 0.3) is 15.9 Å². The van der Waals surface area contributed by atoms with E-state index in [9.17, 15) is 13.2 Å². The van der Waals surface area contributed by atoms with Gasteiger partial charge in [-0.25, -0.2) is 8.42 Å². The monoisotopic (exact) mass is 428 g/mol. The molecule has 3 aromatic rings. The number of nitrogens with one attached hydrogen (secondary N) is 2. The molecule has 5 nitrogen and oxygen atoms in total. The van der Waals surface area contributed by atoms with Crippen molar-refractivity contribution in [2.75, 3.05) is 10.0 Å². The zero-order valence-electron chi connectivity index (χ0n) is 16.3. The number of anilines is 2. The first-order chi connectivity index (χ1) is 13.7. The molecule has 150 valence electrons. The maximum atomic E-state index is 12.6. The van der Waals surface area contributed by atoms with Gasteiger partial charge in [0.05, 0.1) is 15.6 Å². The van der Waals surface area contributed by atoms with Crippen molar-refractivity contribution in [1.29, 1.82) is 0 Å². The van der Waals surface area contributed by atoms with E-state index in [-0.39, 0.29) is 21.5 Å². The van der Waals surface area contributed by atoms with Gasteiger partial charge in [-0.2, -0.15) is 0 Å². The van der Waals surface area contributed by atoms with E-state index >= 15 is 0 Å². The quantitative estimate of drug-likeness (QED) is 0.577. The average molecular weight is 429 g/mol. The lowest BCUT2D eigenvalue weighted by Gasteiger charge is -2.12. The Kier molecular flexibility index (Phi) is 5.96. The summed E-state index contributed by atoms with van der Waals surface area (Å²) < 4.78 is 27.6. The van der Waals surface area contributed by atoms with Crippen molar-refractivity contribution in [3.05, 3.63) is 87.9 Å². The van der Waals surface area contributed by atoms with Gasteiger partial charge < -0.3 is 5.32 Å². The SMILES string of the molecule is Cc1ccc(S(=O)(=O)Nc2ccc(C(=O)Nc3cc(C)ccc3C)cc2Cl)cc1. The molecule has 0 heterocycles. The van der Waals surface area contributed by atoms with Gasteiger partial charge in [-0.05, 0) is 68.3 Å². The lowest BCUT2D eigenvalue weighted by molar-refractivity contribution is 0.102. The number of benzene rings is 3. The zero-order valence-corrected chi connectivity index (χ0v) is 17.9. The van der Waals surface area contributed by atoms with E-state index in [1.165, 1.54) is 30.3 Å². The highest BCUT2D eigenvalue weighted by Crippen LogP contribution is 2.27. The zero-order chi connectivity index (χ0) is 21.2. The van der Waals surface area contributed by atoms with E-state index in [4.69, 9.17) is 11.6 Å². The molecule has 0 bridgehead atoms. The van der Waals surface area contributed by atoms with Crippen LogP contribution in [-0.4, -0.2) is 14.3 Å². The van der Waals surface area contributed by atoms with Gasteiger partial charge in [0.15, 0.2) is 0 Å². The Morgan fingerprint density at radius 1 is 0.828 bits per heavy atom. The Labute approximate surface area is 175 Å². The molecule has 7 heteroatoms. The van der Waals surface area contributed by atoms with Crippen LogP contribution in [0.3, 0.4) is 0 Å². The van der Waals surface area contributed by atoms with Gasteiger partial charge in [0.2, 0.25) is 0 Å². The second kappa shape index (κ2) is 8.27. The largest absolute Gasteiger partial charge is 0.322 e. The van der Waals surface area contributed by atoms with Crippen molar-refractivity contribution in [2.24, 2.45) is 0 Å². The molecule has 3 rings (SSSR count). The van der Waals surface area contributed by atoms with E-state index in [1.807, 2.05) is 39.0 Å². The molecule has 0 unspecified atom stereocenters. The van der Waals surface area contributed by atoms with Crippen LogP contribution in [0, 0.1) is 20.8 Å². The van der Waals surface area contributed by atoms with Crippen molar-refractivity contribution in [3.8, 4) is 0 Å². The van der Waals surface area contributed by atoms with Crippen molar-refractivity contribution in [3.63, 3.8) is 0 Å². The molecule has 0 fully saturated rings. The summed E-state index contributed by atoms with van der Waals surface area (Å²) in [5.74, 6) is -0.325. The molecule has 3 aromatic carbocycles. The van der Waals surface area contributed by atoms with E-state index in [0.29, 0.717) is 5.56 Å². The summed E-state index contributed by atoms with van der Waals surface area (Å²) in [7, 11) is -3.78. The lowest BCUT2D eigenvalue weighted by Crippen LogP contribution is -2.15. The Morgan fingerprint density at radius 3 is 2.14 bits per heavy atom. The second-order valence-corrected chi connectivity index (χ2v) is 8.98. The highest BCUT2D eigenvalue weighted by Gasteiger charge is 2.17. The number of sulfonamides is 1. The van der Waals surface area contributed by atoms with Crippen LogP contribution in [0.25, 0.3) is 0 Å². The molecule has 0 saturated heterocycles. The number of amides is 1. The minimum absolute atomic E-state index is 0.134.